The summed E-state index contributed by atoms with van der Waals surface area (Å²) >= 11 is 0. The first-order valence-electron chi connectivity index (χ1n) is 6.77. The van der Waals surface area contributed by atoms with Crippen molar-refractivity contribution in [3.05, 3.63) is 29.3 Å². The Morgan fingerprint density at radius 1 is 1.33 bits per heavy atom. The van der Waals surface area contributed by atoms with Gasteiger partial charge in [0.15, 0.2) is 0 Å². The second-order valence-electron chi connectivity index (χ2n) is 5.43. The van der Waals surface area contributed by atoms with Crippen LogP contribution < -0.4 is 4.74 Å². The summed E-state index contributed by atoms with van der Waals surface area (Å²) in [5.41, 5.74) is 2.10. The molecule has 0 aromatic heterocycles. The molecule has 3 atom stereocenters. The molecule has 98 valence electrons. The van der Waals surface area contributed by atoms with Crippen molar-refractivity contribution in [2.45, 2.75) is 38.4 Å². The fourth-order valence-corrected chi connectivity index (χ4v) is 2.94. The SMILES string of the molecule is Cc1ccc2c(c1)C(O)CC(C1CCCOC1)O2. The van der Waals surface area contributed by atoms with Crippen molar-refractivity contribution in [2.75, 3.05) is 13.2 Å². The van der Waals surface area contributed by atoms with Crippen molar-refractivity contribution < 1.29 is 14.6 Å². The van der Waals surface area contributed by atoms with Crippen LogP contribution in [-0.2, 0) is 4.74 Å². The van der Waals surface area contributed by atoms with Crippen LogP contribution in [0, 0.1) is 12.8 Å². The maximum Gasteiger partial charge on any atom is 0.125 e. The van der Waals surface area contributed by atoms with Crippen LogP contribution in [0.1, 0.15) is 36.5 Å². The van der Waals surface area contributed by atoms with Gasteiger partial charge in [0.05, 0.1) is 12.7 Å². The van der Waals surface area contributed by atoms with E-state index < -0.39 is 6.10 Å². The third kappa shape index (κ3) is 2.25. The summed E-state index contributed by atoms with van der Waals surface area (Å²) in [7, 11) is 0. The predicted molar refractivity (Wildman–Crippen MR) is 68.7 cm³/mol. The molecule has 0 radical (unpaired) electrons. The Kier molecular flexibility index (Phi) is 3.27. The Balaban J connectivity index is 1.80. The van der Waals surface area contributed by atoms with Crippen LogP contribution in [0.5, 0.6) is 5.75 Å². The van der Waals surface area contributed by atoms with Crippen molar-refractivity contribution >= 4 is 0 Å². The molecular formula is C15H20O3. The van der Waals surface area contributed by atoms with Crippen LogP contribution in [-0.4, -0.2) is 24.4 Å². The molecule has 3 nitrogen and oxygen atoms in total. The van der Waals surface area contributed by atoms with Gasteiger partial charge < -0.3 is 14.6 Å². The Hall–Kier alpha value is -1.06. The molecule has 1 fully saturated rings. The standard InChI is InChI=1S/C15H20O3/c1-10-4-5-14-12(7-10)13(16)8-15(18-14)11-3-2-6-17-9-11/h4-5,7,11,13,15-16H,2-3,6,8-9H2,1H3. The molecule has 0 amide bonds. The summed E-state index contributed by atoms with van der Waals surface area (Å²) < 4.78 is 11.6. The number of aliphatic hydroxyl groups is 1. The van der Waals surface area contributed by atoms with Gasteiger partial charge in [-0.3, -0.25) is 0 Å². The van der Waals surface area contributed by atoms with E-state index in [2.05, 4.69) is 0 Å². The number of hydrogen-bond acceptors (Lipinski definition) is 3. The van der Waals surface area contributed by atoms with Crippen LogP contribution in [0.2, 0.25) is 0 Å². The van der Waals surface area contributed by atoms with Crippen LogP contribution in [0.4, 0.5) is 0 Å². The van der Waals surface area contributed by atoms with E-state index in [1.807, 2.05) is 25.1 Å². The van der Waals surface area contributed by atoms with Gasteiger partial charge in [0.1, 0.15) is 11.9 Å². The minimum absolute atomic E-state index is 0.0931. The van der Waals surface area contributed by atoms with Crippen molar-refractivity contribution in [1.82, 2.24) is 0 Å². The van der Waals surface area contributed by atoms with Gasteiger partial charge in [-0.25, -0.2) is 0 Å². The zero-order valence-corrected chi connectivity index (χ0v) is 10.8. The molecule has 3 heteroatoms. The highest BCUT2D eigenvalue weighted by Gasteiger charge is 2.33. The maximum atomic E-state index is 10.3. The summed E-state index contributed by atoms with van der Waals surface area (Å²) in [4.78, 5) is 0. The van der Waals surface area contributed by atoms with Gasteiger partial charge in [-0.15, -0.1) is 0 Å². The molecule has 1 aromatic carbocycles. The smallest absolute Gasteiger partial charge is 0.125 e. The first-order chi connectivity index (χ1) is 8.74. The lowest BCUT2D eigenvalue weighted by molar-refractivity contribution is -0.0286. The zero-order valence-electron chi connectivity index (χ0n) is 10.8. The predicted octanol–water partition coefficient (Wildman–Crippen LogP) is 2.61. The molecule has 1 saturated heterocycles. The molecular weight excluding hydrogens is 228 g/mol. The molecule has 3 unspecified atom stereocenters. The topological polar surface area (TPSA) is 38.7 Å². The van der Waals surface area contributed by atoms with Crippen molar-refractivity contribution in [1.29, 1.82) is 0 Å². The monoisotopic (exact) mass is 248 g/mol. The highest BCUT2D eigenvalue weighted by Crippen LogP contribution is 2.38. The van der Waals surface area contributed by atoms with Crippen LogP contribution in [0.25, 0.3) is 0 Å². The summed E-state index contributed by atoms with van der Waals surface area (Å²) in [5, 5.41) is 10.3. The van der Waals surface area contributed by atoms with Gasteiger partial charge >= 0.3 is 0 Å². The Morgan fingerprint density at radius 3 is 3.00 bits per heavy atom. The van der Waals surface area contributed by atoms with Crippen molar-refractivity contribution in [3.8, 4) is 5.75 Å². The molecule has 1 N–H and O–H groups in total. The van der Waals surface area contributed by atoms with Crippen LogP contribution in [0.15, 0.2) is 18.2 Å². The summed E-state index contributed by atoms with van der Waals surface area (Å²) in [6, 6.07) is 6.03. The fraction of sp³-hybridized carbons (Fsp3) is 0.600. The van der Waals surface area contributed by atoms with Gasteiger partial charge in [0.2, 0.25) is 0 Å². The molecule has 0 bridgehead atoms. The van der Waals surface area contributed by atoms with Gasteiger partial charge in [-0.1, -0.05) is 11.6 Å². The molecule has 1 aromatic rings. The molecule has 0 saturated carbocycles. The number of benzene rings is 1. The van der Waals surface area contributed by atoms with Gasteiger partial charge in [-0.2, -0.15) is 0 Å². The highest BCUT2D eigenvalue weighted by molar-refractivity contribution is 5.40. The van der Waals surface area contributed by atoms with E-state index in [0.717, 1.165) is 42.9 Å². The number of aryl methyl sites for hydroxylation is 1. The van der Waals surface area contributed by atoms with Crippen LogP contribution >= 0.6 is 0 Å². The van der Waals surface area contributed by atoms with Crippen molar-refractivity contribution in [3.63, 3.8) is 0 Å². The van der Waals surface area contributed by atoms with E-state index in [1.54, 1.807) is 0 Å². The van der Waals surface area contributed by atoms with Gasteiger partial charge in [0, 0.05) is 24.5 Å². The first kappa shape index (κ1) is 12.0. The summed E-state index contributed by atoms with van der Waals surface area (Å²) in [6.45, 7) is 3.66. The molecule has 0 aliphatic carbocycles. The average molecular weight is 248 g/mol. The van der Waals surface area contributed by atoms with E-state index in [-0.39, 0.29) is 6.10 Å². The third-order valence-corrected chi connectivity index (χ3v) is 3.98. The van der Waals surface area contributed by atoms with Crippen LogP contribution in [0.3, 0.4) is 0 Å². The number of hydrogen-bond donors (Lipinski definition) is 1. The number of rotatable bonds is 1. The quantitative estimate of drug-likeness (QED) is 0.830. The molecule has 2 heterocycles. The normalized spacial score (nSPS) is 31.6. The molecule has 18 heavy (non-hydrogen) atoms. The summed E-state index contributed by atoms with van der Waals surface area (Å²) in [5.74, 6) is 1.26. The van der Waals surface area contributed by atoms with Gasteiger partial charge in [-0.05, 0) is 31.9 Å². The second kappa shape index (κ2) is 4.90. The first-order valence-corrected chi connectivity index (χ1v) is 6.77. The van der Waals surface area contributed by atoms with E-state index >= 15 is 0 Å². The van der Waals surface area contributed by atoms with E-state index in [9.17, 15) is 5.11 Å². The van der Waals surface area contributed by atoms with E-state index in [0.29, 0.717) is 12.3 Å². The molecule has 2 aliphatic heterocycles. The highest BCUT2D eigenvalue weighted by atomic mass is 16.5. The molecule has 2 aliphatic rings. The fourth-order valence-electron chi connectivity index (χ4n) is 2.94. The Labute approximate surface area is 108 Å². The largest absolute Gasteiger partial charge is 0.490 e. The lowest BCUT2D eigenvalue weighted by Crippen LogP contribution is -2.37. The minimum atomic E-state index is -0.402. The Morgan fingerprint density at radius 2 is 2.22 bits per heavy atom. The lowest BCUT2D eigenvalue weighted by Gasteiger charge is -2.36. The van der Waals surface area contributed by atoms with E-state index in [4.69, 9.17) is 9.47 Å². The number of ether oxygens (including phenoxy) is 2. The van der Waals surface area contributed by atoms with Gasteiger partial charge in [0.25, 0.3) is 0 Å². The van der Waals surface area contributed by atoms with E-state index in [1.165, 1.54) is 0 Å². The maximum absolute atomic E-state index is 10.3. The number of aliphatic hydroxyl groups excluding tert-OH is 1. The lowest BCUT2D eigenvalue weighted by atomic mass is 9.88. The van der Waals surface area contributed by atoms with Crippen molar-refractivity contribution in [2.24, 2.45) is 5.92 Å². The zero-order chi connectivity index (χ0) is 12.5. The third-order valence-electron chi connectivity index (χ3n) is 3.98. The summed E-state index contributed by atoms with van der Waals surface area (Å²) in [6.07, 6.45) is 2.61. The number of fused-ring (bicyclic) bond motifs is 1. The molecule has 3 rings (SSSR count). The average Bonchev–Trinajstić information content (AvgIpc) is 2.40. The minimum Gasteiger partial charge on any atom is -0.490 e. The molecule has 0 spiro atoms. The second-order valence-corrected chi connectivity index (χ2v) is 5.43. The Bertz CT molecular complexity index is 424.